The van der Waals surface area contributed by atoms with Crippen LogP contribution in [0.3, 0.4) is 0 Å². The molecule has 390 valence electrons. The molecule has 9 heteroatoms. The van der Waals surface area contributed by atoms with E-state index in [1.165, 1.54) is 0 Å². The van der Waals surface area contributed by atoms with E-state index in [-0.39, 0.29) is 0 Å². The van der Waals surface area contributed by atoms with E-state index in [0.717, 1.165) is 127 Å². The van der Waals surface area contributed by atoms with Gasteiger partial charge < -0.3 is 13.7 Å². The predicted molar refractivity (Wildman–Crippen MR) is 338 cm³/mol. The highest BCUT2D eigenvalue weighted by atomic mass is 15.1. The first-order valence-corrected chi connectivity index (χ1v) is 28.0. The third-order valence-electron chi connectivity index (χ3n) is 16.0. The van der Waals surface area contributed by atoms with Gasteiger partial charge in [0.05, 0.1) is 55.7 Å². The van der Waals surface area contributed by atoms with Crippen molar-refractivity contribution in [1.29, 1.82) is 0 Å². The molecule has 0 fully saturated rings. The van der Waals surface area contributed by atoms with Crippen LogP contribution < -0.4 is 0 Å². The fourth-order valence-electron chi connectivity index (χ4n) is 12.3. The van der Waals surface area contributed by atoms with Crippen LogP contribution in [-0.2, 0) is 0 Å². The molecule has 0 spiro atoms. The molecule has 0 saturated carbocycles. The van der Waals surface area contributed by atoms with E-state index >= 15 is 0 Å². The molecule has 0 atom stereocenters. The fourth-order valence-corrected chi connectivity index (χ4v) is 12.3. The van der Waals surface area contributed by atoms with Crippen molar-refractivity contribution in [2.24, 2.45) is 0 Å². The summed E-state index contributed by atoms with van der Waals surface area (Å²) in [5.41, 5.74) is 15.8. The molecule has 0 saturated heterocycles. The number of hydrogen-bond donors (Lipinski definition) is 0. The number of hydrogen-bond acceptors (Lipinski definition) is 6. The molecule has 0 amide bonds. The Labute approximate surface area is 477 Å². The lowest BCUT2D eigenvalue weighted by atomic mass is 9.98. The van der Waals surface area contributed by atoms with Crippen molar-refractivity contribution >= 4 is 65.4 Å². The van der Waals surface area contributed by atoms with Crippen LogP contribution in [0.15, 0.2) is 261 Å². The van der Waals surface area contributed by atoms with Crippen LogP contribution in [0.2, 0.25) is 0 Å². The Morgan fingerprint density at radius 3 is 0.928 bits per heavy atom. The Balaban J connectivity index is 1.22. The number of nitrogens with zero attached hydrogens (tertiary/aromatic N) is 9. The molecule has 11 aromatic carbocycles. The average Bonchev–Trinajstić information content (AvgIpc) is 2.01. The van der Waals surface area contributed by atoms with E-state index in [9.17, 15) is 0 Å². The molecule has 0 aliphatic rings. The third-order valence-corrected chi connectivity index (χ3v) is 16.0. The van der Waals surface area contributed by atoms with E-state index < -0.39 is 0 Å². The molecule has 5 heterocycles. The van der Waals surface area contributed by atoms with Gasteiger partial charge in [-0.1, -0.05) is 217 Å². The second kappa shape index (κ2) is 19.3. The number of aryl methyl sites for hydroxylation is 2. The van der Waals surface area contributed by atoms with Crippen molar-refractivity contribution in [2.45, 2.75) is 13.8 Å². The Hall–Kier alpha value is -11.2. The molecule has 9 nitrogen and oxygen atoms in total. The van der Waals surface area contributed by atoms with E-state index in [4.69, 9.17) is 29.9 Å². The zero-order valence-corrected chi connectivity index (χ0v) is 45.4. The molecule has 5 aromatic heterocycles. The third kappa shape index (κ3) is 7.85. The summed E-state index contributed by atoms with van der Waals surface area (Å²) in [6, 6.07) is 91.6. The molecule has 0 aliphatic carbocycles. The van der Waals surface area contributed by atoms with E-state index in [0.29, 0.717) is 34.9 Å². The maximum absolute atomic E-state index is 5.79. The van der Waals surface area contributed by atoms with Crippen LogP contribution >= 0.6 is 0 Å². The number of rotatable bonds is 9. The van der Waals surface area contributed by atoms with Crippen molar-refractivity contribution in [3.63, 3.8) is 0 Å². The lowest BCUT2D eigenvalue weighted by Gasteiger charge is -2.26. The highest BCUT2D eigenvalue weighted by molar-refractivity contribution is 6.15. The van der Waals surface area contributed by atoms with Gasteiger partial charge in [-0.25, -0.2) is 29.9 Å². The first-order chi connectivity index (χ1) is 41.0. The molecule has 0 N–H and O–H groups in total. The van der Waals surface area contributed by atoms with Gasteiger partial charge in [-0.2, -0.15) is 0 Å². The summed E-state index contributed by atoms with van der Waals surface area (Å²) >= 11 is 0. The minimum atomic E-state index is 0.461. The summed E-state index contributed by atoms with van der Waals surface area (Å²) < 4.78 is 7.29. The van der Waals surface area contributed by atoms with Crippen molar-refractivity contribution in [3.8, 4) is 85.4 Å². The van der Waals surface area contributed by atoms with Gasteiger partial charge in [-0.05, 0) is 68.4 Å². The zero-order chi connectivity index (χ0) is 55.1. The van der Waals surface area contributed by atoms with Gasteiger partial charge in [-0.3, -0.25) is 0 Å². The molecule has 0 bridgehead atoms. The van der Waals surface area contributed by atoms with Crippen molar-refractivity contribution in [2.75, 3.05) is 0 Å². The van der Waals surface area contributed by atoms with Gasteiger partial charge in [0.1, 0.15) is 0 Å². The average molecular weight is 1060 g/mol. The van der Waals surface area contributed by atoms with Gasteiger partial charge >= 0.3 is 0 Å². The van der Waals surface area contributed by atoms with Crippen molar-refractivity contribution in [1.82, 2.24) is 43.6 Å². The predicted octanol–water partition coefficient (Wildman–Crippen LogP) is 18.0. The SMILES string of the molecule is Cc1ccc2c(c1)c1cc(C)ccc1n2-c1c(-c2nc(-c3ccccc3)nc(-c3ccccc3)n2)cc(-n2c3ccccc3c3ccccc32)c(-n2c3ccccc3c3ccccc32)c1-c1nc(-c2ccccc2)nc(-c2ccccc2)n1. The first-order valence-electron chi connectivity index (χ1n) is 28.0. The van der Waals surface area contributed by atoms with Gasteiger partial charge in [-0.15, -0.1) is 0 Å². The highest BCUT2D eigenvalue weighted by Crippen LogP contribution is 2.50. The van der Waals surface area contributed by atoms with Crippen LogP contribution in [-0.4, -0.2) is 43.6 Å². The van der Waals surface area contributed by atoms with Crippen LogP contribution in [0.25, 0.3) is 151 Å². The monoisotopic (exact) mass is 1060 g/mol. The molecule has 83 heavy (non-hydrogen) atoms. The highest BCUT2D eigenvalue weighted by Gasteiger charge is 2.33. The normalized spacial score (nSPS) is 11.7. The van der Waals surface area contributed by atoms with E-state index in [2.05, 4.69) is 216 Å². The van der Waals surface area contributed by atoms with Gasteiger partial charge in [0.15, 0.2) is 34.9 Å². The minimum Gasteiger partial charge on any atom is -0.308 e. The molecule has 0 aliphatic heterocycles. The Bertz CT molecular complexity index is 4940. The summed E-state index contributed by atoms with van der Waals surface area (Å²) in [6.07, 6.45) is 0. The molecule has 16 aromatic rings. The summed E-state index contributed by atoms with van der Waals surface area (Å²) in [5, 5.41) is 6.68. The number of benzene rings is 11. The van der Waals surface area contributed by atoms with Crippen LogP contribution in [0.5, 0.6) is 0 Å². The van der Waals surface area contributed by atoms with Crippen LogP contribution in [0, 0.1) is 13.8 Å². The second-order valence-corrected chi connectivity index (χ2v) is 21.2. The van der Waals surface area contributed by atoms with Gasteiger partial charge in [0.2, 0.25) is 0 Å². The van der Waals surface area contributed by atoms with Crippen LogP contribution in [0.4, 0.5) is 0 Å². The topological polar surface area (TPSA) is 92.1 Å². The molecule has 16 rings (SSSR count). The smallest absolute Gasteiger partial charge is 0.168 e. The molecular formula is C74H49N9. The first kappa shape index (κ1) is 47.8. The summed E-state index contributed by atoms with van der Waals surface area (Å²) in [6.45, 7) is 4.33. The Morgan fingerprint density at radius 1 is 0.241 bits per heavy atom. The number of para-hydroxylation sites is 4. The second-order valence-electron chi connectivity index (χ2n) is 21.2. The van der Waals surface area contributed by atoms with E-state index in [1.54, 1.807) is 0 Å². The quantitative estimate of drug-likeness (QED) is 0.143. The van der Waals surface area contributed by atoms with Gasteiger partial charge in [0, 0.05) is 60.1 Å². The standard InChI is InChI=1S/C74H49N9/c1-46-39-41-63-56(43-46)57-44-47(2)40-42-64(57)82(63)67-58(73-77-69(48-23-7-3-8-24-48)75-70(78-73)49-25-9-4-10-26-49)45-65(81-59-35-19-15-31-52(59)53-32-16-20-36-60(53)81)68(83-61-37-21-17-33-54(61)55-34-18-22-38-62(55)83)66(67)74-79-71(50-27-11-5-12-28-50)76-72(80-74)51-29-13-6-14-30-51/h3-45H,1-2H3. The summed E-state index contributed by atoms with van der Waals surface area (Å²) in [5.74, 6) is 3.08. The van der Waals surface area contributed by atoms with Crippen LogP contribution in [0.1, 0.15) is 11.1 Å². The Kier molecular flexibility index (Phi) is 11.1. The lowest BCUT2D eigenvalue weighted by Crippen LogP contribution is -2.14. The molecular weight excluding hydrogens is 1010 g/mol. The van der Waals surface area contributed by atoms with E-state index in [1.807, 2.05) is 72.8 Å². The van der Waals surface area contributed by atoms with Crippen molar-refractivity contribution in [3.05, 3.63) is 272 Å². The van der Waals surface area contributed by atoms with Crippen molar-refractivity contribution < 1.29 is 0 Å². The lowest BCUT2D eigenvalue weighted by molar-refractivity contribution is 1.03. The fraction of sp³-hybridized carbons (Fsp3) is 0.0270. The summed E-state index contributed by atoms with van der Waals surface area (Å²) in [4.78, 5) is 33.5. The summed E-state index contributed by atoms with van der Waals surface area (Å²) in [7, 11) is 0. The molecule has 0 unspecified atom stereocenters. The zero-order valence-electron chi connectivity index (χ0n) is 45.4. The maximum Gasteiger partial charge on any atom is 0.168 e. The van der Waals surface area contributed by atoms with Gasteiger partial charge in [0.25, 0.3) is 0 Å². The number of aromatic nitrogens is 9. The maximum atomic E-state index is 5.79. The minimum absolute atomic E-state index is 0.461. The Morgan fingerprint density at radius 2 is 0.542 bits per heavy atom. The number of fused-ring (bicyclic) bond motifs is 9. The largest absolute Gasteiger partial charge is 0.308 e. The molecule has 0 radical (unpaired) electrons.